The van der Waals surface area contributed by atoms with Crippen molar-refractivity contribution in [2.75, 3.05) is 30.3 Å². The van der Waals surface area contributed by atoms with Crippen LogP contribution in [0, 0.1) is 25.6 Å². The fraction of sp³-hybridized carbons (Fsp3) is 0.462. The summed E-state index contributed by atoms with van der Waals surface area (Å²) in [6.07, 6.45) is 3.50. The minimum atomic E-state index is -0.505. The molecule has 0 aliphatic carbocycles. The normalized spacial score (nSPS) is 19.2. The highest BCUT2D eigenvalue weighted by Crippen LogP contribution is 2.35. The summed E-state index contributed by atoms with van der Waals surface area (Å²) in [5.74, 6) is -0.311. The van der Waals surface area contributed by atoms with E-state index in [1.54, 1.807) is 17.0 Å². The topological polar surface area (TPSA) is 86.5 Å². The molecule has 0 saturated carbocycles. The fourth-order valence-corrected chi connectivity index (χ4v) is 4.60. The molecule has 1 fully saturated rings. The zero-order chi connectivity index (χ0) is 24.6. The van der Waals surface area contributed by atoms with Crippen LogP contribution in [-0.4, -0.2) is 47.1 Å². The number of piperidine rings is 1. The second-order valence-electron chi connectivity index (χ2n) is 10.2. The molecule has 0 bridgehead atoms. The van der Waals surface area contributed by atoms with Crippen LogP contribution in [0.25, 0.3) is 11.6 Å². The van der Waals surface area contributed by atoms with Gasteiger partial charge < -0.3 is 25.3 Å². The van der Waals surface area contributed by atoms with Gasteiger partial charge in [0.25, 0.3) is 5.91 Å². The second-order valence-corrected chi connectivity index (χ2v) is 10.2. The number of rotatable bonds is 4. The van der Waals surface area contributed by atoms with Crippen LogP contribution in [0.5, 0.6) is 0 Å². The third kappa shape index (κ3) is 5.11. The minimum Gasteiger partial charge on any atom is -0.444 e. The van der Waals surface area contributed by atoms with E-state index in [2.05, 4.69) is 15.6 Å². The Kier molecular flexibility index (Phi) is 6.43. The monoisotopic (exact) mass is 468 g/mol. The minimum absolute atomic E-state index is 0.244. The third-order valence-corrected chi connectivity index (χ3v) is 6.27. The van der Waals surface area contributed by atoms with E-state index in [4.69, 9.17) is 4.74 Å². The Morgan fingerprint density at radius 2 is 2.09 bits per heavy atom. The summed E-state index contributed by atoms with van der Waals surface area (Å²) in [7, 11) is 0. The van der Waals surface area contributed by atoms with Gasteiger partial charge >= 0.3 is 6.09 Å². The lowest BCUT2D eigenvalue weighted by atomic mass is 9.98. The second kappa shape index (κ2) is 9.16. The highest BCUT2D eigenvalue weighted by molar-refractivity contribution is 6.34. The Morgan fingerprint density at radius 3 is 2.82 bits per heavy atom. The van der Waals surface area contributed by atoms with Gasteiger partial charge in [0.05, 0.1) is 11.3 Å². The first-order valence-corrected chi connectivity index (χ1v) is 11.8. The zero-order valence-electron chi connectivity index (χ0n) is 20.5. The van der Waals surface area contributed by atoms with Gasteiger partial charge in [-0.1, -0.05) is 0 Å². The summed E-state index contributed by atoms with van der Waals surface area (Å²) in [4.78, 5) is 30.1. The van der Waals surface area contributed by atoms with Gasteiger partial charge in [-0.15, -0.1) is 0 Å². The van der Waals surface area contributed by atoms with Crippen molar-refractivity contribution >= 4 is 35.0 Å². The SMILES string of the molecule is Cc1[nH]c(/C=C2\C(=O)Nc3ccc(F)cc32)c(C)c1NCC1CCCN(C(=O)OC(C)(C)C)C1. The van der Waals surface area contributed by atoms with Crippen molar-refractivity contribution in [3.05, 3.63) is 46.5 Å². The van der Waals surface area contributed by atoms with E-state index in [0.717, 1.165) is 48.6 Å². The lowest BCUT2D eigenvalue weighted by Gasteiger charge is -2.34. The average Bonchev–Trinajstić information content (AvgIpc) is 3.20. The van der Waals surface area contributed by atoms with Crippen molar-refractivity contribution < 1.29 is 18.7 Å². The maximum Gasteiger partial charge on any atom is 0.410 e. The number of halogens is 1. The Hall–Kier alpha value is -3.29. The summed E-state index contributed by atoms with van der Waals surface area (Å²) < 4.78 is 19.3. The fourth-order valence-electron chi connectivity index (χ4n) is 4.60. The number of aryl methyl sites for hydroxylation is 1. The molecule has 3 heterocycles. The van der Waals surface area contributed by atoms with Crippen LogP contribution in [0.2, 0.25) is 0 Å². The van der Waals surface area contributed by atoms with Crippen LogP contribution in [-0.2, 0) is 9.53 Å². The molecule has 1 unspecified atom stereocenters. The van der Waals surface area contributed by atoms with Crippen molar-refractivity contribution in [2.24, 2.45) is 5.92 Å². The molecule has 0 radical (unpaired) electrons. The number of hydrogen-bond donors (Lipinski definition) is 3. The van der Waals surface area contributed by atoms with E-state index in [-0.39, 0.29) is 17.8 Å². The number of nitrogens with zero attached hydrogens (tertiary/aromatic N) is 1. The smallest absolute Gasteiger partial charge is 0.410 e. The number of hydrogen-bond acceptors (Lipinski definition) is 4. The number of likely N-dealkylation sites (tertiary alicyclic amines) is 1. The number of nitrogens with one attached hydrogen (secondary N) is 3. The summed E-state index contributed by atoms with van der Waals surface area (Å²) in [5, 5.41) is 6.33. The molecule has 34 heavy (non-hydrogen) atoms. The van der Waals surface area contributed by atoms with Gasteiger partial charge in [-0.2, -0.15) is 0 Å². The number of carbonyl (C=O) groups is 2. The molecule has 2 aliphatic rings. The van der Waals surface area contributed by atoms with Gasteiger partial charge in [-0.05, 0) is 83.2 Å². The van der Waals surface area contributed by atoms with Gasteiger partial charge in [-0.25, -0.2) is 9.18 Å². The van der Waals surface area contributed by atoms with Gasteiger partial charge in [0.2, 0.25) is 0 Å². The summed E-state index contributed by atoms with van der Waals surface area (Å²) in [6, 6.07) is 4.29. The van der Waals surface area contributed by atoms with E-state index in [0.29, 0.717) is 29.3 Å². The molecule has 8 heteroatoms. The molecule has 4 rings (SSSR count). The molecule has 3 N–H and O–H groups in total. The van der Waals surface area contributed by atoms with Crippen molar-refractivity contribution in [1.29, 1.82) is 0 Å². The maximum absolute atomic E-state index is 13.8. The molecule has 182 valence electrons. The quantitative estimate of drug-likeness (QED) is 0.530. The Morgan fingerprint density at radius 1 is 1.32 bits per heavy atom. The predicted molar refractivity (Wildman–Crippen MR) is 132 cm³/mol. The number of carbonyl (C=O) groups excluding carboxylic acids is 2. The number of aromatic amines is 1. The van der Waals surface area contributed by atoms with E-state index in [1.807, 2.05) is 34.6 Å². The Balaban J connectivity index is 1.46. The Bertz CT molecular complexity index is 1150. The molecule has 2 aromatic rings. The molecular weight excluding hydrogens is 435 g/mol. The lowest BCUT2D eigenvalue weighted by Crippen LogP contribution is -2.44. The van der Waals surface area contributed by atoms with Crippen LogP contribution >= 0.6 is 0 Å². The van der Waals surface area contributed by atoms with Crippen LogP contribution in [0.3, 0.4) is 0 Å². The standard InChI is InChI=1S/C26H33FN4O3/c1-15-22(12-20-19-11-18(27)8-9-21(19)30-24(20)32)29-16(2)23(15)28-13-17-7-6-10-31(14-17)25(33)34-26(3,4)5/h8-9,11-12,17,28-29H,6-7,10,13-14H2,1-5H3,(H,30,32)/b20-12-. The lowest BCUT2D eigenvalue weighted by molar-refractivity contribution is -0.110. The maximum atomic E-state index is 13.8. The summed E-state index contributed by atoms with van der Waals surface area (Å²) in [5.41, 5.74) is 4.85. The molecule has 1 saturated heterocycles. The number of amides is 2. The molecule has 1 atom stereocenters. The van der Waals surface area contributed by atoms with Crippen molar-refractivity contribution in [3.8, 4) is 0 Å². The average molecular weight is 469 g/mol. The molecule has 0 spiro atoms. The molecule has 2 aliphatic heterocycles. The van der Waals surface area contributed by atoms with Gasteiger partial charge in [-0.3, -0.25) is 4.79 Å². The van der Waals surface area contributed by atoms with E-state index in [1.165, 1.54) is 12.1 Å². The number of fused-ring (bicyclic) bond motifs is 1. The molecular formula is C26H33FN4O3. The summed E-state index contributed by atoms with van der Waals surface area (Å²) in [6.45, 7) is 11.7. The number of ether oxygens (including phenoxy) is 1. The highest BCUT2D eigenvalue weighted by Gasteiger charge is 2.28. The van der Waals surface area contributed by atoms with Gasteiger partial charge in [0.15, 0.2) is 0 Å². The van der Waals surface area contributed by atoms with Gasteiger partial charge in [0, 0.05) is 42.3 Å². The van der Waals surface area contributed by atoms with Crippen LogP contribution in [0.15, 0.2) is 18.2 Å². The van der Waals surface area contributed by atoms with Crippen molar-refractivity contribution in [2.45, 2.75) is 53.1 Å². The van der Waals surface area contributed by atoms with Crippen molar-refractivity contribution in [3.63, 3.8) is 0 Å². The zero-order valence-corrected chi connectivity index (χ0v) is 20.5. The van der Waals surface area contributed by atoms with Crippen molar-refractivity contribution in [1.82, 2.24) is 9.88 Å². The number of aromatic nitrogens is 1. The van der Waals surface area contributed by atoms with Gasteiger partial charge in [0.1, 0.15) is 11.4 Å². The van der Waals surface area contributed by atoms with Crippen LogP contribution in [0.4, 0.5) is 20.6 Å². The third-order valence-electron chi connectivity index (χ3n) is 6.27. The molecule has 1 aromatic heterocycles. The van der Waals surface area contributed by atoms with E-state index >= 15 is 0 Å². The van der Waals surface area contributed by atoms with E-state index in [9.17, 15) is 14.0 Å². The largest absolute Gasteiger partial charge is 0.444 e. The Labute approximate surface area is 199 Å². The highest BCUT2D eigenvalue weighted by atomic mass is 19.1. The van der Waals surface area contributed by atoms with Crippen LogP contribution < -0.4 is 10.6 Å². The molecule has 2 amide bonds. The van der Waals surface area contributed by atoms with E-state index < -0.39 is 5.60 Å². The number of anilines is 2. The summed E-state index contributed by atoms with van der Waals surface area (Å²) >= 11 is 0. The molecule has 1 aromatic carbocycles. The van der Waals surface area contributed by atoms with Crippen LogP contribution in [0.1, 0.15) is 56.1 Å². The predicted octanol–water partition coefficient (Wildman–Crippen LogP) is 5.32. The first-order chi connectivity index (χ1) is 16.0. The first-order valence-electron chi connectivity index (χ1n) is 11.8. The number of H-pyrrole nitrogens is 1. The number of benzene rings is 1. The first kappa shape index (κ1) is 23.9. The molecule has 7 nitrogen and oxygen atoms in total.